The minimum atomic E-state index is -5.85. The molecule has 206 valence electrons. The number of rotatable bonds is 6. The Morgan fingerprint density at radius 3 is 2.21 bits per heavy atom. The third-order valence-electron chi connectivity index (χ3n) is 6.68. The van der Waals surface area contributed by atoms with Gasteiger partial charge < -0.3 is 4.57 Å². The van der Waals surface area contributed by atoms with Crippen molar-refractivity contribution in [2.24, 2.45) is 7.05 Å². The molecule has 0 amide bonds. The second-order valence-electron chi connectivity index (χ2n) is 9.25. The average Bonchev–Trinajstić information content (AvgIpc) is 3.40. The predicted molar refractivity (Wildman–Crippen MR) is 127 cm³/mol. The Labute approximate surface area is 217 Å². The Morgan fingerprint density at radius 2 is 1.64 bits per heavy atom. The van der Waals surface area contributed by atoms with E-state index in [1.165, 1.54) is 42.9 Å². The van der Waals surface area contributed by atoms with Crippen LogP contribution in [0.5, 0.6) is 0 Å². The average molecular weight is 573 g/mol. The van der Waals surface area contributed by atoms with Gasteiger partial charge in [-0.3, -0.25) is 4.98 Å². The number of fused-ring (bicyclic) bond motifs is 1. The highest BCUT2D eigenvalue weighted by Gasteiger charge is 2.59. The van der Waals surface area contributed by atoms with Crippen LogP contribution in [-0.4, -0.2) is 45.8 Å². The fourth-order valence-corrected chi connectivity index (χ4v) is 5.33. The van der Waals surface area contributed by atoms with Crippen molar-refractivity contribution in [3.63, 3.8) is 0 Å². The molecule has 1 aromatic carbocycles. The summed E-state index contributed by atoms with van der Waals surface area (Å²) in [4.78, 5) is 11.8. The van der Waals surface area contributed by atoms with E-state index >= 15 is 0 Å². The summed E-state index contributed by atoms with van der Waals surface area (Å²) in [7, 11) is -2.55. The van der Waals surface area contributed by atoms with Gasteiger partial charge in [-0.05, 0) is 23.3 Å². The molecule has 5 rings (SSSR count). The van der Waals surface area contributed by atoms with Crippen LogP contribution in [0, 0.1) is 0 Å². The molecule has 0 aliphatic heterocycles. The molecule has 0 spiro atoms. The lowest BCUT2D eigenvalue weighted by molar-refractivity contribution is -0.289. The third kappa shape index (κ3) is 4.53. The molecule has 14 heteroatoms. The molecule has 1 aliphatic carbocycles. The van der Waals surface area contributed by atoms with E-state index in [1.807, 2.05) is 0 Å². The fourth-order valence-electron chi connectivity index (χ4n) is 4.27. The SMILES string of the molecule is CCS(=O)(=O)c1cc(-c2ccc(C3CC3(F)F)cc2)cnc1-c1nc2cc(C(F)(F)C(F)(F)F)cnc2n1C. The maximum absolute atomic E-state index is 13.9. The zero-order chi connectivity index (χ0) is 28.5. The van der Waals surface area contributed by atoms with E-state index in [0.29, 0.717) is 29.0 Å². The van der Waals surface area contributed by atoms with Crippen LogP contribution >= 0.6 is 0 Å². The summed E-state index contributed by atoms with van der Waals surface area (Å²) in [5.41, 5.74) is -0.609. The second-order valence-corrected chi connectivity index (χ2v) is 11.5. The molecule has 39 heavy (non-hydrogen) atoms. The summed E-state index contributed by atoms with van der Waals surface area (Å²) in [5.74, 6) is -9.21. The van der Waals surface area contributed by atoms with Gasteiger partial charge in [0, 0.05) is 31.4 Å². The topological polar surface area (TPSA) is 77.7 Å². The lowest BCUT2D eigenvalue weighted by atomic mass is 10.0. The molecule has 4 aromatic rings. The number of pyridine rings is 2. The van der Waals surface area contributed by atoms with Gasteiger partial charge in [-0.1, -0.05) is 31.2 Å². The second kappa shape index (κ2) is 8.73. The molecule has 0 N–H and O–H groups in total. The van der Waals surface area contributed by atoms with Crippen LogP contribution in [0.15, 0.2) is 53.7 Å². The molecule has 1 fully saturated rings. The van der Waals surface area contributed by atoms with Crippen LogP contribution in [0.2, 0.25) is 0 Å². The lowest BCUT2D eigenvalue weighted by Crippen LogP contribution is -2.33. The maximum Gasteiger partial charge on any atom is 0.458 e. The maximum atomic E-state index is 13.9. The van der Waals surface area contributed by atoms with Crippen LogP contribution in [0.1, 0.15) is 30.4 Å². The molecule has 0 radical (unpaired) electrons. The van der Waals surface area contributed by atoms with E-state index in [4.69, 9.17) is 0 Å². The van der Waals surface area contributed by atoms with Gasteiger partial charge >= 0.3 is 12.1 Å². The normalized spacial score (nSPS) is 17.5. The smallest absolute Gasteiger partial charge is 0.310 e. The van der Waals surface area contributed by atoms with E-state index in [0.717, 1.165) is 0 Å². The van der Waals surface area contributed by atoms with Crippen LogP contribution < -0.4 is 0 Å². The van der Waals surface area contributed by atoms with Gasteiger partial charge in [0.1, 0.15) is 11.2 Å². The summed E-state index contributed by atoms with van der Waals surface area (Å²) >= 11 is 0. The molecule has 1 atom stereocenters. The molecule has 1 aliphatic rings. The first-order valence-electron chi connectivity index (χ1n) is 11.6. The monoisotopic (exact) mass is 572 g/mol. The van der Waals surface area contributed by atoms with Crippen molar-refractivity contribution in [2.75, 3.05) is 5.75 Å². The first-order valence-corrected chi connectivity index (χ1v) is 13.2. The van der Waals surface area contributed by atoms with E-state index in [2.05, 4.69) is 15.0 Å². The number of imidazole rings is 1. The van der Waals surface area contributed by atoms with Gasteiger partial charge in [-0.2, -0.15) is 22.0 Å². The summed E-state index contributed by atoms with van der Waals surface area (Å²) in [5, 5.41) is 0. The summed E-state index contributed by atoms with van der Waals surface area (Å²) in [6, 6.07) is 8.10. The van der Waals surface area contributed by atoms with E-state index in [9.17, 15) is 39.2 Å². The summed E-state index contributed by atoms with van der Waals surface area (Å²) in [6.45, 7) is 1.40. The molecule has 1 unspecified atom stereocenters. The summed E-state index contributed by atoms with van der Waals surface area (Å²) in [6.07, 6.45) is -4.36. The highest BCUT2D eigenvalue weighted by atomic mass is 32.2. The van der Waals surface area contributed by atoms with Gasteiger partial charge in [0.15, 0.2) is 21.3 Å². The Kier molecular flexibility index (Phi) is 6.05. The third-order valence-corrected chi connectivity index (χ3v) is 8.42. The Morgan fingerprint density at radius 1 is 1.00 bits per heavy atom. The largest absolute Gasteiger partial charge is 0.458 e. The minimum Gasteiger partial charge on any atom is -0.310 e. The zero-order valence-corrected chi connectivity index (χ0v) is 21.1. The standard InChI is InChI=1S/C25H19F7N4O2S/c1-3-39(37,38)19-8-15(13-4-6-14(7-5-13)17-10-23(17,26)27)11-33-20(19)22-35-18-9-16(12-34-21(18)36(22)2)24(28,29)25(30,31)32/h4-9,11-12,17H,3,10H2,1-2H3. The number of halogens is 7. The highest BCUT2D eigenvalue weighted by Crippen LogP contribution is 2.55. The van der Waals surface area contributed by atoms with Crippen molar-refractivity contribution < 1.29 is 39.2 Å². The molecular formula is C25H19F7N4O2S. The number of hydrogen-bond donors (Lipinski definition) is 0. The first-order chi connectivity index (χ1) is 18.1. The van der Waals surface area contributed by atoms with Gasteiger partial charge in [0.2, 0.25) is 0 Å². The molecule has 0 bridgehead atoms. The molecule has 3 heterocycles. The molecular weight excluding hydrogens is 553 g/mol. The molecule has 6 nitrogen and oxygen atoms in total. The number of sulfone groups is 1. The number of aromatic nitrogens is 4. The predicted octanol–water partition coefficient (Wildman–Crippen LogP) is 6.27. The van der Waals surface area contributed by atoms with Crippen molar-refractivity contribution in [2.45, 2.75) is 42.2 Å². The van der Waals surface area contributed by atoms with Crippen molar-refractivity contribution >= 4 is 21.0 Å². The van der Waals surface area contributed by atoms with E-state index in [1.54, 1.807) is 12.1 Å². The van der Waals surface area contributed by atoms with Crippen molar-refractivity contribution in [3.8, 4) is 22.6 Å². The van der Waals surface area contributed by atoms with Crippen molar-refractivity contribution in [1.29, 1.82) is 0 Å². The highest BCUT2D eigenvalue weighted by molar-refractivity contribution is 7.91. The first kappa shape index (κ1) is 27.0. The Balaban J connectivity index is 1.60. The van der Waals surface area contributed by atoms with Crippen LogP contribution in [0.3, 0.4) is 0 Å². The van der Waals surface area contributed by atoms with Crippen LogP contribution in [0.4, 0.5) is 30.7 Å². The van der Waals surface area contributed by atoms with Crippen LogP contribution in [0.25, 0.3) is 33.8 Å². The molecule has 0 saturated heterocycles. The number of nitrogens with zero attached hydrogens (tertiary/aromatic N) is 4. The Bertz CT molecular complexity index is 1700. The van der Waals surface area contributed by atoms with Gasteiger partial charge in [0.05, 0.1) is 22.1 Å². The summed E-state index contributed by atoms with van der Waals surface area (Å²) < 4.78 is 120. The molecule has 3 aromatic heterocycles. The van der Waals surface area contributed by atoms with Gasteiger partial charge in [-0.25, -0.2) is 27.2 Å². The zero-order valence-electron chi connectivity index (χ0n) is 20.3. The van der Waals surface area contributed by atoms with Gasteiger partial charge in [0.25, 0.3) is 5.92 Å². The number of hydrogen-bond acceptors (Lipinski definition) is 5. The Hall–Kier alpha value is -3.55. The minimum absolute atomic E-state index is 0.0649. The van der Waals surface area contributed by atoms with Crippen molar-refractivity contribution in [3.05, 3.63) is 59.9 Å². The fraction of sp³-hybridized carbons (Fsp3) is 0.320. The van der Waals surface area contributed by atoms with Crippen molar-refractivity contribution in [1.82, 2.24) is 19.5 Å². The van der Waals surface area contributed by atoms with Gasteiger partial charge in [-0.15, -0.1) is 0 Å². The van der Waals surface area contributed by atoms with E-state index < -0.39 is 39.3 Å². The lowest BCUT2D eigenvalue weighted by Gasteiger charge is -2.19. The molecule has 1 saturated carbocycles. The number of alkyl halides is 7. The van der Waals surface area contributed by atoms with E-state index in [-0.39, 0.29) is 39.8 Å². The number of benzene rings is 1. The number of aryl methyl sites for hydroxylation is 1. The quantitative estimate of drug-likeness (QED) is 0.255. The van der Waals surface area contributed by atoms with Crippen LogP contribution in [-0.2, 0) is 22.8 Å².